The topological polar surface area (TPSA) is 32.3 Å². The molecular weight excluding hydrogens is 272 g/mol. The summed E-state index contributed by atoms with van der Waals surface area (Å²) in [5.41, 5.74) is 1.68. The number of piperidine rings is 1. The van der Waals surface area contributed by atoms with Crippen molar-refractivity contribution in [3.8, 4) is 0 Å². The van der Waals surface area contributed by atoms with Crippen LogP contribution in [0, 0.1) is 6.92 Å². The smallest absolute Gasteiger partial charge is 0.255 e. The molecule has 3 nitrogen and oxygen atoms in total. The van der Waals surface area contributed by atoms with E-state index in [9.17, 15) is 4.79 Å². The SMILES string of the molecule is CCN(CC1CCCCN1)C(=O)c1ccc(C)cc1Cl. The second-order valence-electron chi connectivity index (χ2n) is 5.47. The van der Waals surface area contributed by atoms with Crippen molar-refractivity contribution in [1.29, 1.82) is 0 Å². The molecule has 20 heavy (non-hydrogen) atoms. The lowest BCUT2D eigenvalue weighted by Crippen LogP contribution is -2.45. The first-order chi connectivity index (χ1) is 9.61. The number of benzene rings is 1. The fourth-order valence-corrected chi connectivity index (χ4v) is 2.98. The second kappa shape index (κ2) is 7.09. The van der Waals surface area contributed by atoms with Gasteiger partial charge in [-0.2, -0.15) is 0 Å². The van der Waals surface area contributed by atoms with Gasteiger partial charge in [0, 0.05) is 19.1 Å². The number of amides is 1. The van der Waals surface area contributed by atoms with E-state index in [2.05, 4.69) is 5.32 Å². The van der Waals surface area contributed by atoms with E-state index in [-0.39, 0.29) is 5.91 Å². The number of carbonyl (C=O) groups excluding carboxylic acids is 1. The first-order valence-corrected chi connectivity index (χ1v) is 7.78. The molecule has 1 amide bonds. The Bertz CT molecular complexity index is 470. The third-order valence-corrected chi connectivity index (χ3v) is 4.19. The zero-order valence-electron chi connectivity index (χ0n) is 12.3. The van der Waals surface area contributed by atoms with Crippen LogP contribution in [-0.4, -0.2) is 36.5 Å². The molecule has 1 N–H and O–H groups in total. The molecule has 1 aromatic carbocycles. The highest BCUT2D eigenvalue weighted by Gasteiger charge is 2.21. The Balaban J connectivity index is 2.07. The highest BCUT2D eigenvalue weighted by atomic mass is 35.5. The van der Waals surface area contributed by atoms with Crippen LogP contribution in [0.2, 0.25) is 5.02 Å². The van der Waals surface area contributed by atoms with E-state index < -0.39 is 0 Å². The van der Waals surface area contributed by atoms with E-state index in [1.165, 1.54) is 12.8 Å². The van der Waals surface area contributed by atoms with Gasteiger partial charge < -0.3 is 10.2 Å². The number of nitrogens with one attached hydrogen (secondary N) is 1. The van der Waals surface area contributed by atoms with Gasteiger partial charge in [-0.3, -0.25) is 4.79 Å². The van der Waals surface area contributed by atoms with Crippen LogP contribution in [0.1, 0.15) is 42.1 Å². The Morgan fingerprint density at radius 2 is 2.25 bits per heavy atom. The zero-order valence-corrected chi connectivity index (χ0v) is 13.0. The Hall–Kier alpha value is -1.06. The molecule has 1 heterocycles. The summed E-state index contributed by atoms with van der Waals surface area (Å²) in [4.78, 5) is 14.5. The number of aryl methyl sites for hydroxylation is 1. The monoisotopic (exact) mass is 294 g/mol. The van der Waals surface area contributed by atoms with Crippen molar-refractivity contribution in [2.75, 3.05) is 19.6 Å². The first kappa shape index (κ1) is 15.3. The van der Waals surface area contributed by atoms with Gasteiger partial charge in [-0.1, -0.05) is 24.1 Å². The summed E-state index contributed by atoms with van der Waals surface area (Å²) < 4.78 is 0. The lowest BCUT2D eigenvalue weighted by atomic mass is 10.0. The first-order valence-electron chi connectivity index (χ1n) is 7.40. The Labute approximate surface area is 126 Å². The summed E-state index contributed by atoms with van der Waals surface area (Å²) in [6.45, 7) is 6.52. The van der Waals surface area contributed by atoms with Crippen molar-refractivity contribution >= 4 is 17.5 Å². The van der Waals surface area contributed by atoms with Crippen LogP contribution in [0.4, 0.5) is 0 Å². The van der Waals surface area contributed by atoms with Crippen molar-refractivity contribution in [3.63, 3.8) is 0 Å². The molecule has 1 aliphatic rings. The number of likely N-dealkylation sites (N-methyl/N-ethyl adjacent to an activating group) is 1. The van der Waals surface area contributed by atoms with Gasteiger partial charge in [-0.15, -0.1) is 0 Å². The van der Waals surface area contributed by atoms with Gasteiger partial charge in [0.25, 0.3) is 5.91 Å². The molecule has 1 unspecified atom stereocenters. The van der Waals surface area contributed by atoms with Crippen molar-refractivity contribution in [1.82, 2.24) is 10.2 Å². The number of halogens is 1. The van der Waals surface area contributed by atoms with Crippen molar-refractivity contribution in [3.05, 3.63) is 34.3 Å². The third-order valence-electron chi connectivity index (χ3n) is 3.88. The lowest BCUT2D eigenvalue weighted by Gasteiger charge is -2.30. The minimum Gasteiger partial charge on any atom is -0.337 e. The molecule has 4 heteroatoms. The van der Waals surface area contributed by atoms with Crippen LogP contribution in [0.15, 0.2) is 18.2 Å². The fraction of sp³-hybridized carbons (Fsp3) is 0.562. The summed E-state index contributed by atoms with van der Waals surface area (Å²) >= 11 is 6.21. The van der Waals surface area contributed by atoms with Gasteiger partial charge in [-0.05, 0) is 50.9 Å². The summed E-state index contributed by atoms with van der Waals surface area (Å²) in [6.07, 6.45) is 3.63. The molecule has 0 bridgehead atoms. The normalized spacial score (nSPS) is 18.9. The molecule has 1 atom stereocenters. The average molecular weight is 295 g/mol. The molecule has 0 radical (unpaired) electrons. The predicted octanol–water partition coefficient (Wildman–Crippen LogP) is 3.25. The fourth-order valence-electron chi connectivity index (χ4n) is 2.67. The lowest BCUT2D eigenvalue weighted by molar-refractivity contribution is 0.0741. The minimum absolute atomic E-state index is 0.0323. The number of rotatable bonds is 4. The molecular formula is C16H23ClN2O. The van der Waals surface area contributed by atoms with E-state index in [0.717, 1.165) is 25.1 Å². The largest absolute Gasteiger partial charge is 0.337 e. The Morgan fingerprint density at radius 1 is 1.45 bits per heavy atom. The molecule has 0 spiro atoms. The number of nitrogens with zero attached hydrogens (tertiary/aromatic N) is 1. The van der Waals surface area contributed by atoms with E-state index in [1.807, 2.05) is 36.9 Å². The Kier molecular flexibility index (Phi) is 5.44. The second-order valence-corrected chi connectivity index (χ2v) is 5.88. The highest BCUT2D eigenvalue weighted by Crippen LogP contribution is 2.20. The van der Waals surface area contributed by atoms with E-state index in [4.69, 9.17) is 11.6 Å². The highest BCUT2D eigenvalue weighted by molar-refractivity contribution is 6.33. The molecule has 2 rings (SSSR count). The quantitative estimate of drug-likeness (QED) is 0.924. The third kappa shape index (κ3) is 3.74. The Morgan fingerprint density at radius 3 is 2.85 bits per heavy atom. The number of carbonyl (C=O) groups is 1. The van der Waals surface area contributed by atoms with Crippen molar-refractivity contribution < 1.29 is 4.79 Å². The molecule has 1 aliphatic heterocycles. The van der Waals surface area contributed by atoms with E-state index >= 15 is 0 Å². The number of hydrogen-bond acceptors (Lipinski definition) is 2. The van der Waals surface area contributed by atoms with Gasteiger partial charge in [0.1, 0.15) is 0 Å². The molecule has 0 aliphatic carbocycles. The summed E-state index contributed by atoms with van der Waals surface area (Å²) in [6, 6.07) is 6.03. The van der Waals surface area contributed by atoms with Crippen molar-refractivity contribution in [2.45, 2.75) is 39.2 Å². The van der Waals surface area contributed by atoms with Crippen LogP contribution in [-0.2, 0) is 0 Å². The van der Waals surface area contributed by atoms with Gasteiger partial charge in [0.2, 0.25) is 0 Å². The zero-order chi connectivity index (χ0) is 14.5. The maximum Gasteiger partial charge on any atom is 0.255 e. The van der Waals surface area contributed by atoms with E-state index in [0.29, 0.717) is 23.2 Å². The predicted molar refractivity (Wildman–Crippen MR) is 83.4 cm³/mol. The van der Waals surface area contributed by atoms with Crippen molar-refractivity contribution in [2.24, 2.45) is 0 Å². The van der Waals surface area contributed by atoms with Crippen LogP contribution in [0.25, 0.3) is 0 Å². The molecule has 1 fully saturated rings. The van der Waals surface area contributed by atoms with Gasteiger partial charge in [-0.25, -0.2) is 0 Å². The molecule has 1 saturated heterocycles. The van der Waals surface area contributed by atoms with Crippen LogP contribution < -0.4 is 5.32 Å². The van der Waals surface area contributed by atoms with E-state index in [1.54, 1.807) is 0 Å². The standard InChI is InChI=1S/C16H23ClN2O/c1-3-19(11-13-6-4-5-9-18-13)16(20)14-8-7-12(2)10-15(14)17/h7-8,10,13,18H,3-6,9,11H2,1-2H3. The van der Waals surface area contributed by atoms with Gasteiger partial charge >= 0.3 is 0 Å². The van der Waals surface area contributed by atoms with Crippen LogP contribution in [0.3, 0.4) is 0 Å². The molecule has 1 aromatic rings. The van der Waals surface area contributed by atoms with Gasteiger partial charge in [0.15, 0.2) is 0 Å². The summed E-state index contributed by atoms with van der Waals surface area (Å²) in [5, 5.41) is 4.03. The minimum atomic E-state index is 0.0323. The summed E-state index contributed by atoms with van der Waals surface area (Å²) in [7, 11) is 0. The average Bonchev–Trinajstić information content (AvgIpc) is 2.45. The maximum absolute atomic E-state index is 12.6. The molecule has 0 saturated carbocycles. The molecule has 0 aromatic heterocycles. The number of hydrogen-bond donors (Lipinski definition) is 1. The summed E-state index contributed by atoms with van der Waals surface area (Å²) in [5.74, 6) is 0.0323. The van der Waals surface area contributed by atoms with Gasteiger partial charge in [0.05, 0.1) is 10.6 Å². The maximum atomic E-state index is 12.6. The molecule has 110 valence electrons. The van der Waals surface area contributed by atoms with Crippen LogP contribution >= 0.6 is 11.6 Å². The van der Waals surface area contributed by atoms with Crippen LogP contribution in [0.5, 0.6) is 0 Å².